The second-order valence-corrected chi connectivity index (χ2v) is 8.23. The van der Waals surface area contributed by atoms with Crippen molar-refractivity contribution in [1.82, 2.24) is 15.5 Å². The third-order valence-corrected chi connectivity index (χ3v) is 4.94. The van der Waals surface area contributed by atoms with Crippen LogP contribution in [0.5, 0.6) is 0 Å². The molecule has 4 unspecified atom stereocenters. The zero-order chi connectivity index (χ0) is 24.6. The van der Waals surface area contributed by atoms with E-state index in [4.69, 9.17) is 17.2 Å². The molecule has 0 aliphatic carbocycles. The Balaban J connectivity index is 3.01. The molecule has 0 aromatic heterocycles. The number of carboxylic acids is 1. The van der Waals surface area contributed by atoms with Crippen LogP contribution >= 0.6 is 0 Å². The molecule has 13 heteroatoms. The minimum Gasteiger partial charge on any atom is -0.480 e. The number of aliphatic carboxylic acids is 1. The van der Waals surface area contributed by atoms with E-state index in [1.54, 1.807) is 13.8 Å². The first-order valence-corrected chi connectivity index (χ1v) is 10.3. The van der Waals surface area contributed by atoms with Gasteiger partial charge in [-0.25, -0.2) is 4.79 Å². The molecule has 1 heterocycles. The summed E-state index contributed by atoms with van der Waals surface area (Å²) in [6.07, 6.45) is -0.0846. The van der Waals surface area contributed by atoms with Gasteiger partial charge in [0.2, 0.25) is 29.5 Å². The molecule has 0 spiro atoms. The monoisotopic (exact) mass is 456 g/mol. The van der Waals surface area contributed by atoms with Crippen LogP contribution in [0.2, 0.25) is 0 Å². The lowest BCUT2D eigenvalue weighted by atomic mass is 10.0. The van der Waals surface area contributed by atoms with Gasteiger partial charge in [-0.1, -0.05) is 13.8 Å². The highest BCUT2D eigenvalue weighted by Crippen LogP contribution is 2.19. The highest BCUT2D eigenvalue weighted by Gasteiger charge is 2.39. The maximum absolute atomic E-state index is 12.9. The Morgan fingerprint density at radius 3 is 2.03 bits per heavy atom. The van der Waals surface area contributed by atoms with Gasteiger partial charge in [-0.3, -0.25) is 24.0 Å². The van der Waals surface area contributed by atoms with Gasteiger partial charge in [-0.15, -0.1) is 0 Å². The molecular weight excluding hydrogens is 424 g/mol. The fraction of sp³-hybridized carbons (Fsp3) is 0.684. The maximum Gasteiger partial charge on any atom is 0.326 e. The van der Waals surface area contributed by atoms with Gasteiger partial charge in [0.25, 0.3) is 0 Å². The van der Waals surface area contributed by atoms with Crippen molar-refractivity contribution in [1.29, 1.82) is 0 Å². The Bertz CT molecular complexity index is 756. The summed E-state index contributed by atoms with van der Waals surface area (Å²) in [7, 11) is 0. The molecule has 1 aliphatic rings. The van der Waals surface area contributed by atoms with Gasteiger partial charge >= 0.3 is 5.97 Å². The summed E-state index contributed by atoms with van der Waals surface area (Å²) >= 11 is 0. The molecule has 1 saturated heterocycles. The molecule has 1 aliphatic heterocycles. The van der Waals surface area contributed by atoms with Crippen LogP contribution in [-0.4, -0.2) is 76.2 Å². The molecule has 5 amide bonds. The molecule has 13 nitrogen and oxygen atoms in total. The van der Waals surface area contributed by atoms with Gasteiger partial charge in [0, 0.05) is 6.54 Å². The molecular formula is C19H32N6O7. The molecule has 0 bridgehead atoms. The van der Waals surface area contributed by atoms with Crippen molar-refractivity contribution < 1.29 is 33.9 Å². The Morgan fingerprint density at radius 1 is 0.969 bits per heavy atom. The number of carbonyl (C=O) groups excluding carboxylic acids is 5. The Labute approximate surface area is 185 Å². The van der Waals surface area contributed by atoms with Crippen LogP contribution in [-0.2, 0) is 28.8 Å². The van der Waals surface area contributed by atoms with Crippen molar-refractivity contribution in [3.63, 3.8) is 0 Å². The van der Waals surface area contributed by atoms with E-state index in [0.717, 1.165) is 4.90 Å². The largest absolute Gasteiger partial charge is 0.480 e. The third-order valence-electron chi connectivity index (χ3n) is 4.94. The third kappa shape index (κ3) is 8.13. The average Bonchev–Trinajstić information content (AvgIpc) is 3.15. The van der Waals surface area contributed by atoms with Crippen molar-refractivity contribution in [3.05, 3.63) is 0 Å². The van der Waals surface area contributed by atoms with Gasteiger partial charge in [0.15, 0.2) is 0 Å². The Hall–Kier alpha value is -3.22. The molecule has 4 atom stereocenters. The number of amides is 5. The number of primary amides is 2. The van der Waals surface area contributed by atoms with Crippen LogP contribution < -0.4 is 27.8 Å². The number of carboxylic acid groups (broad SMARTS) is 1. The highest BCUT2D eigenvalue weighted by atomic mass is 16.4. The lowest BCUT2D eigenvalue weighted by Gasteiger charge is -2.28. The van der Waals surface area contributed by atoms with Crippen LogP contribution in [0.4, 0.5) is 0 Å². The van der Waals surface area contributed by atoms with E-state index >= 15 is 0 Å². The summed E-state index contributed by atoms with van der Waals surface area (Å²) in [4.78, 5) is 73.0. The van der Waals surface area contributed by atoms with E-state index in [9.17, 15) is 33.9 Å². The summed E-state index contributed by atoms with van der Waals surface area (Å²) in [5.41, 5.74) is 15.9. The minimum absolute atomic E-state index is 0.0568. The number of hydrogen-bond donors (Lipinski definition) is 6. The number of likely N-dealkylation sites (tertiary alicyclic amines) is 1. The normalized spacial score (nSPS) is 18.5. The predicted octanol–water partition coefficient (Wildman–Crippen LogP) is -2.84. The van der Waals surface area contributed by atoms with E-state index in [1.165, 1.54) is 0 Å². The molecule has 180 valence electrons. The number of nitrogens with two attached hydrogens (primary N) is 3. The second-order valence-electron chi connectivity index (χ2n) is 8.23. The topological polar surface area (TPSA) is 228 Å². The van der Waals surface area contributed by atoms with Crippen molar-refractivity contribution in [3.8, 4) is 0 Å². The van der Waals surface area contributed by atoms with E-state index < -0.39 is 72.5 Å². The standard InChI is InChI=1S/C19H32N6O7/c1-9(2)6-11(23-16(28)10(20)7-14(21)26)17(29)24-12(8-15(22)27)18(30)25-5-3-4-13(25)19(31)32/h9-13H,3-8,20H2,1-2H3,(H2,21,26)(H2,22,27)(H,23,28)(H,24,29)(H,31,32). The van der Waals surface area contributed by atoms with Gasteiger partial charge in [0.1, 0.15) is 18.1 Å². The van der Waals surface area contributed by atoms with Gasteiger partial charge < -0.3 is 37.8 Å². The first kappa shape index (κ1) is 26.8. The SMILES string of the molecule is CC(C)CC(NC(=O)C(N)CC(N)=O)C(=O)NC(CC(N)=O)C(=O)N1CCCC1C(=O)O. The lowest BCUT2D eigenvalue weighted by Crippen LogP contribution is -2.58. The van der Waals surface area contributed by atoms with Crippen LogP contribution in [0.1, 0.15) is 46.0 Å². The molecule has 0 aromatic rings. The number of rotatable bonds is 12. The van der Waals surface area contributed by atoms with E-state index in [-0.39, 0.29) is 25.3 Å². The van der Waals surface area contributed by atoms with E-state index in [1.807, 2.05) is 0 Å². The number of nitrogens with zero attached hydrogens (tertiary/aromatic N) is 1. The quantitative estimate of drug-likeness (QED) is 0.179. The summed E-state index contributed by atoms with van der Waals surface area (Å²) < 4.78 is 0. The fourth-order valence-corrected chi connectivity index (χ4v) is 3.45. The second kappa shape index (κ2) is 12.0. The smallest absolute Gasteiger partial charge is 0.326 e. The number of carbonyl (C=O) groups is 6. The van der Waals surface area contributed by atoms with Crippen LogP contribution in [0, 0.1) is 5.92 Å². The van der Waals surface area contributed by atoms with Crippen molar-refractivity contribution in [2.75, 3.05) is 6.54 Å². The van der Waals surface area contributed by atoms with Crippen molar-refractivity contribution >= 4 is 35.5 Å². The Morgan fingerprint density at radius 2 is 1.53 bits per heavy atom. The fourth-order valence-electron chi connectivity index (χ4n) is 3.45. The summed E-state index contributed by atoms with van der Waals surface area (Å²) in [5, 5.41) is 14.1. The maximum atomic E-state index is 12.9. The highest BCUT2D eigenvalue weighted by molar-refractivity contribution is 5.96. The zero-order valence-corrected chi connectivity index (χ0v) is 18.2. The van der Waals surface area contributed by atoms with Gasteiger partial charge in [-0.2, -0.15) is 0 Å². The van der Waals surface area contributed by atoms with Crippen molar-refractivity contribution in [2.24, 2.45) is 23.1 Å². The lowest BCUT2D eigenvalue weighted by molar-refractivity contribution is -0.149. The molecule has 0 radical (unpaired) electrons. The van der Waals surface area contributed by atoms with Gasteiger partial charge in [0.05, 0.1) is 18.9 Å². The number of hydrogen-bond acceptors (Lipinski definition) is 7. The Kier molecular flexibility index (Phi) is 10.0. The summed E-state index contributed by atoms with van der Waals surface area (Å²) in [5.74, 6) is -5.21. The van der Waals surface area contributed by atoms with Crippen molar-refractivity contribution in [2.45, 2.75) is 70.1 Å². The van der Waals surface area contributed by atoms with E-state index in [0.29, 0.717) is 6.42 Å². The first-order chi connectivity index (χ1) is 14.8. The minimum atomic E-state index is -1.40. The van der Waals surface area contributed by atoms with Crippen LogP contribution in [0.15, 0.2) is 0 Å². The molecule has 9 N–H and O–H groups in total. The van der Waals surface area contributed by atoms with Crippen LogP contribution in [0.3, 0.4) is 0 Å². The molecule has 1 fully saturated rings. The van der Waals surface area contributed by atoms with E-state index in [2.05, 4.69) is 10.6 Å². The molecule has 0 aromatic carbocycles. The summed E-state index contributed by atoms with van der Waals surface area (Å²) in [6, 6.07) is -4.85. The van der Waals surface area contributed by atoms with Gasteiger partial charge in [-0.05, 0) is 25.2 Å². The summed E-state index contributed by atoms with van der Waals surface area (Å²) in [6.45, 7) is 3.75. The number of nitrogens with one attached hydrogen (secondary N) is 2. The van der Waals surface area contributed by atoms with Crippen LogP contribution in [0.25, 0.3) is 0 Å². The predicted molar refractivity (Wildman–Crippen MR) is 111 cm³/mol. The average molecular weight is 457 g/mol. The molecule has 1 rings (SSSR count). The zero-order valence-electron chi connectivity index (χ0n) is 18.2. The first-order valence-electron chi connectivity index (χ1n) is 10.3. The molecule has 0 saturated carbocycles. The molecule has 32 heavy (non-hydrogen) atoms.